The molecule has 0 fully saturated rings. The Morgan fingerprint density at radius 2 is 1.45 bits per heavy atom. The van der Waals surface area contributed by atoms with Crippen molar-refractivity contribution in [3.05, 3.63) is 171 Å². The fraction of sp³-hybridized carbons (Fsp3) is 0.103. The van der Waals surface area contributed by atoms with Crippen molar-refractivity contribution in [3.8, 4) is 0 Å². The Morgan fingerprint density at radius 3 is 2.08 bits per heavy atom. The van der Waals surface area contributed by atoms with E-state index in [0.29, 0.717) is 16.8 Å². The number of nitrogens with one attached hydrogen (secondary N) is 3. The molecule has 0 saturated heterocycles. The van der Waals surface area contributed by atoms with Crippen LogP contribution in [-0.2, 0) is 16.0 Å². The first-order valence-electron chi connectivity index (χ1n) is 15.6. The summed E-state index contributed by atoms with van der Waals surface area (Å²) in [5.74, 6) is -1.22. The van der Waals surface area contributed by atoms with E-state index in [4.69, 9.17) is 0 Å². The van der Waals surface area contributed by atoms with E-state index in [0.717, 1.165) is 33.7 Å². The standard InChI is InChI=1S/C39H34N4O5S/c1-3-28-16-10-11-26(2)35(28)42-39(46)36(29-12-6-4-7-13-29)49-33-23-19-31(20-24-33)40-38(45)34(41-37(44)30-14-8-5-9-15-30)25-27-17-21-32(22-18-27)43(47)48/h4-25,36H,3H2,1-2H3,(H,40,45)(H,41,44)(H,42,46)/b34-25-. The zero-order chi connectivity index (χ0) is 34.8. The average molecular weight is 671 g/mol. The largest absolute Gasteiger partial charge is 0.324 e. The van der Waals surface area contributed by atoms with Crippen LogP contribution < -0.4 is 16.0 Å². The second kappa shape index (κ2) is 16.2. The highest BCUT2D eigenvalue weighted by molar-refractivity contribution is 8.00. The minimum absolute atomic E-state index is 0.0513. The highest BCUT2D eigenvalue weighted by atomic mass is 32.2. The molecule has 0 aliphatic carbocycles. The molecule has 10 heteroatoms. The third-order valence-electron chi connectivity index (χ3n) is 7.64. The minimum Gasteiger partial charge on any atom is -0.324 e. The summed E-state index contributed by atoms with van der Waals surface area (Å²) in [6.07, 6.45) is 2.24. The second-order valence-corrected chi connectivity index (χ2v) is 12.2. The maximum atomic E-state index is 13.8. The molecule has 5 aromatic carbocycles. The van der Waals surface area contributed by atoms with Gasteiger partial charge in [-0.15, -0.1) is 11.8 Å². The van der Waals surface area contributed by atoms with Gasteiger partial charge < -0.3 is 16.0 Å². The predicted molar refractivity (Wildman–Crippen MR) is 194 cm³/mol. The molecular weight excluding hydrogens is 637 g/mol. The zero-order valence-corrected chi connectivity index (χ0v) is 27.7. The van der Waals surface area contributed by atoms with Crippen molar-refractivity contribution in [1.82, 2.24) is 5.32 Å². The number of nitrogens with zero attached hydrogens (tertiary/aromatic N) is 1. The van der Waals surface area contributed by atoms with Gasteiger partial charge in [0.05, 0.1) is 4.92 Å². The number of non-ortho nitro benzene ring substituents is 1. The summed E-state index contributed by atoms with van der Waals surface area (Å²) in [4.78, 5) is 51.6. The SMILES string of the molecule is CCc1cccc(C)c1NC(=O)C(Sc1ccc(NC(=O)/C(=C/c2ccc([N+](=O)[O-])cc2)NC(=O)c2ccccc2)cc1)c1ccccc1. The number of rotatable bonds is 12. The third kappa shape index (κ3) is 9.09. The van der Waals surface area contributed by atoms with Gasteiger partial charge in [0, 0.05) is 34.0 Å². The smallest absolute Gasteiger partial charge is 0.272 e. The molecule has 3 N–H and O–H groups in total. The Bertz CT molecular complexity index is 1980. The zero-order valence-electron chi connectivity index (χ0n) is 26.9. The van der Waals surface area contributed by atoms with Crippen molar-refractivity contribution in [2.45, 2.75) is 30.4 Å². The van der Waals surface area contributed by atoms with Gasteiger partial charge in [-0.3, -0.25) is 24.5 Å². The number of para-hydroxylation sites is 1. The van der Waals surface area contributed by atoms with E-state index in [-0.39, 0.29) is 17.3 Å². The molecule has 1 unspecified atom stereocenters. The fourth-order valence-corrected chi connectivity index (χ4v) is 6.07. The lowest BCUT2D eigenvalue weighted by Crippen LogP contribution is -2.30. The number of nitro groups is 1. The van der Waals surface area contributed by atoms with E-state index >= 15 is 0 Å². The number of hydrogen-bond donors (Lipinski definition) is 3. The first-order valence-corrected chi connectivity index (χ1v) is 16.4. The van der Waals surface area contributed by atoms with Gasteiger partial charge in [-0.1, -0.05) is 73.7 Å². The third-order valence-corrected chi connectivity index (χ3v) is 8.90. The number of carbonyl (C=O) groups excluding carboxylic acids is 3. The first-order chi connectivity index (χ1) is 23.7. The van der Waals surface area contributed by atoms with Crippen LogP contribution in [0.4, 0.5) is 17.1 Å². The van der Waals surface area contributed by atoms with Crippen molar-refractivity contribution in [1.29, 1.82) is 0 Å². The molecule has 0 aliphatic heterocycles. The fourth-order valence-electron chi connectivity index (χ4n) is 5.04. The molecule has 0 saturated carbocycles. The topological polar surface area (TPSA) is 130 Å². The van der Waals surface area contributed by atoms with Crippen molar-refractivity contribution >= 4 is 52.6 Å². The number of amides is 3. The number of hydrogen-bond acceptors (Lipinski definition) is 6. The quantitative estimate of drug-likeness (QED) is 0.0529. The van der Waals surface area contributed by atoms with Crippen LogP contribution in [0.5, 0.6) is 0 Å². The number of carbonyl (C=O) groups is 3. The molecule has 9 nitrogen and oxygen atoms in total. The van der Waals surface area contributed by atoms with Gasteiger partial charge >= 0.3 is 0 Å². The summed E-state index contributed by atoms with van der Waals surface area (Å²) in [6, 6.07) is 36.7. The lowest BCUT2D eigenvalue weighted by atomic mass is 10.1. The Hall–Kier alpha value is -6.00. The molecule has 0 aliphatic rings. The van der Waals surface area contributed by atoms with E-state index in [1.807, 2.05) is 67.6 Å². The predicted octanol–water partition coefficient (Wildman–Crippen LogP) is 8.35. The van der Waals surface area contributed by atoms with E-state index in [1.165, 1.54) is 42.1 Å². The normalized spacial score (nSPS) is 11.7. The Kier molecular flexibility index (Phi) is 11.4. The lowest BCUT2D eigenvalue weighted by molar-refractivity contribution is -0.384. The van der Waals surface area contributed by atoms with E-state index < -0.39 is 22.0 Å². The van der Waals surface area contributed by atoms with Crippen LogP contribution in [0.2, 0.25) is 0 Å². The van der Waals surface area contributed by atoms with E-state index in [2.05, 4.69) is 22.9 Å². The van der Waals surface area contributed by atoms with Crippen molar-refractivity contribution in [2.24, 2.45) is 0 Å². The van der Waals surface area contributed by atoms with Crippen LogP contribution in [0, 0.1) is 17.0 Å². The van der Waals surface area contributed by atoms with Gasteiger partial charge in [-0.2, -0.15) is 0 Å². The maximum absolute atomic E-state index is 13.8. The van der Waals surface area contributed by atoms with Crippen LogP contribution in [0.3, 0.4) is 0 Å². The molecule has 1 atom stereocenters. The summed E-state index contributed by atoms with van der Waals surface area (Å²) in [7, 11) is 0. The monoisotopic (exact) mass is 670 g/mol. The molecule has 0 spiro atoms. The van der Waals surface area contributed by atoms with Gasteiger partial charge in [0.25, 0.3) is 17.5 Å². The number of anilines is 2. The molecule has 246 valence electrons. The van der Waals surface area contributed by atoms with Gasteiger partial charge in [0.15, 0.2) is 0 Å². The molecular formula is C39H34N4O5S. The van der Waals surface area contributed by atoms with Crippen molar-refractivity contribution in [3.63, 3.8) is 0 Å². The van der Waals surface area contributed by atoms with E-state index in [9.17, 15) is 24.5 Å². The van der Waals surface area contributed by atoms with Gasteiger partial charge in [-0.05, 0) is 90.2 Å². The lowest BCUT2D eigenvalue weighted by Gasteiger charge is -2.20. The molecule has 0 bridgehead atoms. The summed E-state index contributed by atoms with van der Waals surface area (Å²) >= 11 is 1.39. The second-order valence-electron chi connectivity index (χ2n) is 11.1. The molecule has 49 heavy (non-hydrogen) atoms. The minimum atomic E-state index is -0.588. The first kappa shape index (κ1) is 34.3. The van der Waals surface area contributed by atoms with Gasteiger partial charge in [0.2, 0.25) is 5.91 Å². The van der Waals surface area contributed by atoms with Crippen LogP contribution >= 0.6 is 11.8 Å². The van der Waals surface area contributed by atoms with Crippen molar-refractivity contribution < 1.29 is 19.3 Å². The summed E-state index contributed by atoms with van der Waals surface area (Å²) in [6.45, 7) is 4.03. The van der Waals surface area contributed by atoms with Crippen LogP contribution in [-0.4, -0.2) is 22.6 Å². The van der Waals surface area contributed by atoms with E-state index in [1.54, 1.807) is 42.5 Å². The average Bonchev–Trinajstić information content (AvgIpc) is 3.12. The molecule has 0 radical (unpaired) electrons. The number of aryl methyl sites for hydroxylation is 2. The molecule has 3 amide bonds. The van der Waals surface area contributed by atoms with Crippen LogP contribution in [0.1, 0.15) is 44.8 Å². The van der Waals surface area contributed by atoms with Crippen molar-refractivity contribution in [2.75, 3.05) is 10.6 Å². The summed E-state index contributed by atoms with van der Waals surface area (Å²) < 4.78 is 0. The van der Waals surface area contributed by atoms with Gasteiger partial charge in [0.1, 0.15) is 10.9 Å². The highest BCUT2D eigenvalue weighted by Crippen LogP contribution is 2.37. The number of thioether (sulfide) groups is 1. The number of nitro benzene ring substituents is 1. The summed E-state index contributed by atoms with van der Waals surface area (Å²) in [5, 5.41) is 19.2. The molecule has 5 aromatic rings. The molecule has 0 aromatic heterocycles. The van der Waals surface area contributed by atoms with Crippen LogP contribution in [0.15, 0.2) is 138 Å². The maximum Gasteiger partial charge on any atom is 0.272 e. The van der Waals surface area contributed by atoms with Crippen LogP contribution in [0.25, 0.3) is 6.08 Å². The Balaban J connectivity index is 1.35. The molecule has 5 rings (SSSR count). The Labute approximate surface area is 288 Å². The van der Waals surface area contributed by atoms with Gasteiger partial charge in [-0.25, -0.2) is 0 Å². The summed E-state index contributed by atoms with van der Waals surface area (Å²) in [5.41, 5.74) is 4.89. The molecule has 0 heterocycles. The Morgan fingerprint density at radius 1 is 0.796 bits per heavy atom. The number of benzene rings is 5. The highest BCUT2D eigenvalue weighted by Gasteiger charge is 2.24.